The summed E-state index contributed by atoms with van der Waals surface area (Å²) < 4.78 is 5.37. The first-order chi connectivity index (χ1) is 16.5. The molecular weight excluding hydrogens is 458 g/mol. The molecule has 6 atom stereocenters. The highest BCUT2D eigenvalue weighted by Crippen LogP contribution is 2.53. The lowest BCUT2D eigenvalue weighted by molar-refractivity contribution is -0.150. The van der Waals surface area contributed by atoms with Gasteiger partial charge in [-0.05, 0) is 62.9 Å². The Morgan fingerprint density at radius 3 is 2.49 bits per heavy atom. The largest absolute Gasteiger partial charge is 0.466 e. The van der Waals surface area contributed by atoms with E-state index in [2.05, 4.69) is 24.2 Å². The minimum absolute atomic E-state index is 0.0463. The molecule has 1 saturated carbocycles. The molecule has 1 aliphatic carbocycles. The second-order valence-corrected chi connectivity index (χ2v) is 12.2. The summed E-state index contributed by atoms with van der Waals surface area (Å²) in [6.45, 7) is 14.4. The number of aliphatic hydroxyl groups excluding tert-OH is 1. The van der Waals surface area contributed by atoms with Crippen molar-refractivity contribution in [1.82, 2.24) is 4.98 Å². The van der Waals surface area contributed by atoms with Gasteiger partial charge in [0.15, 0.2) is 0 Å². The number of thiazole rings is 1. The molecule has 1 saturated heterocycles. The van der Waals surface area contributed by atoms with Gasteiger partial charge in [-0.3, -0.25) is 9.59 Å². The van der Waals surface area contributed by atoms with E-state index in [9.17, 15) is 14.7 Å². The van der Waals surface area contributed by atoms with Crippen molar-refractivity contribution in [3.05, 3.63) is 22.2 Å². The molecule has 0 radical (unpaired) electrons. The van der Waals surface area contributed by atoms with Gasteiger partial charge in [0.1, 0.15) is 5.78 Å². The summed E-state index contributed by atoms with van der Waals surface area (Å²) in [5.74, 6) is 2.32. The highest BCUT2D eigenvalue weighted by molar-refractivity contribution is 7.09. The molecule has 3 unspecified atom stereocenters. The highest BCUT2D eigenvalue weighted by Gasteiger charge is 2.47. The average Bonchev–Trinajstić information content (AvgIpc) is 3.30. The second-order valence-electron chi connectivity index (χ2n) is 11.2. The number of allylic oxidation sites excluding steroid dienone is 1. The number of ether oxygens (including phenoxy) is 1. The Balaban J connectivity index is 0.000000402. The molecule has 0 amide bonds. The molecule has 3 rings (SSSR count). The number of rotatable bonds is 2. The average molecular weight is 506 g/mol. The number of hydrogen-bond acceptors (Lipinski definition) is 6. The first kappa shape index (κ1) is 29.7. The van der Waals surface area contributed by atoms with Gasteiger partial charge in [0, 0.05) is 11.3 Å². The van der Waals surface area contributed by atoms with Gasteiger partial charge in [-0.1, -0.05) is 60.0 Å². The van der Waals surface area contributed by atoms with Gasteiger partial charge in [-0.2, -0.15) is 0 Å². The van der Waals surface area contributed by atoms with Crippen molar-refractivity contribution in [2.75, 3.05) is 6.61 Å². The quantitative estimate of drug-likeness (QED) is 0.444. The number of carbonyl (C=O) groups excluding carboxylic acids is 2. The van der Waals surface area contributed by atoms with Crippen molar-refractivity contribution in [3.63, 3.8) is 0 Å². The Hall–Kier alpha value is -1.53. The normalized spacial score (nSPS) is 32.3. The van der Waals surface area contributed by atoms with Gasteiger partial charge >= 0.3 is 5.97 Å². The Morgan fingerprint density at radius 2 is 1.89 bits per heavy atom. The first-order valence-corrected chi connectivity index (χ1v) is 14.3. The lowest BCUT2D eigenvalue weighted by atomic mass is 9.74. The van der Waals surface area contributed by atoms with E-state index in [0.29, 0.717) is 18.4 Å². The van der Waals surface area contributed by atoms with Crippen LogP contribution in [0.2, 0.25) is 0 Å². The van der Waals surface area contributed by atoms with Crippen LogP contribution >= 0.6 is 11.3 Å². The topological polar surface area (TPSA) is 76.5 Å². The van der Waals surface area contributed by atoms with Crippen molar-refractivity contribution < 1.29 is 19.4 Å². The summed E-state index contributed by atoms with van der Waals surface area (Å²) >= 11 is 1.68. The lowest BCUT2D eigenvalue weighted by Gasteiger charge is -2.32. The molecule has 2 aliphatic rings. The van der Waals surface area contributed by atoms with Crippen LogP contribution in [0.3, 0.4) is 0 Å². The van der Waals surface area contributed by atoms with Crippen molar-refractivity contribution in [2.45, 2.75) is 99.5 Å². The molecule has 0 spiro atoms. The Labute approximate surface area is 216 Å². The van der Waals surface area contributed by atoms with Crippen molar-refractivity contribution in [1.29, 1.82) is 0 Å². The molecule has 1 aliphatic heterocycles. The third-order valence-electron chi connectivity index (χ3n) is 7.93. The summed E-state index contributed by atoms with van der Waals surface area (Å²) in [4.78, 5) is 29.2. The smallest absolute Gasteiger partial charge is 0.308 e. The Kier molecular flexibility index (Phi) is 11.6. The number of esters is 1. The Morgan fingerprint density at radius 1 is 1.20 bits per heavy atom. The molecule has 6 heteroatoms. The van der Waals surface area contributed by atoms with Crippen LogP contribution in [0.25, 0.3) is 6.08 Å². The van der Waals surface area contributed by atoms with E-state index in [1.807, 2.05) is 32.9 Å². The number of aromatic nitrogens is 1. The van der Waals surface area contributed by atoms with Crippen LogP contribution in [0.15, 0.2) is 11.5 Å². The van der Waals surface area contributed by atoms with Crippen molar-refractivity contribution in [2.24, 2.45) is 35.0 Å². The van der Waals surface area contributed by atoms with Crippen LogP contribution in [0, 0.1) is 41.9 Å². The fourth-order valence-corrected chi connectivity index (χ4v) is 6.30. The summed E-state index contributed by atoms with van der Waals surface area (Å²) in [5.41, 5.74) is 0.143. The van der Waals surface area contributed by atoms with Crippen LogP contribution in [-0.2, 0) is 14.3 Å². The summed E-state index contributed by atoms with van der Waals surface area (Å²) in [5, 5.41) is 13.7. The predicted octanol–water partition coefficient (Wildman–Crippen LogP) is 6.87. The van der Waals surface area contributed by atoms with E-state index < -0.39 is 17.5 Å². The van der Waals surface area contributed by atoms with Gasteiger partial charge in [0.25, 0.3) is 0 Å². The molecule has 35 heavy (non-hydrogen) atoms. The number of hydrogen-bond donors (Lipinski definition) is 1. The summed E-state index contributed by atoms with van der Waals surface area (Å²) in [6.07, 6.45) is 9.52. The van der Waals surface area contributed by atoms with E-state index in [1.165, 1.54) is 19.3 Å². The minimum atomic E-state index is -0.995. The molecule has 1 aromatic rings. The number of carbonyl (C=O) groups is 2. The van der Waals surface area contributed by atoms with Crippen molar-refractivity contribution in [3.8, 4) is 0 Å². The van der Waals surface area contributed by atoms with E-state index in [4.69, 9.17) is 4.74 Å². The lowest BCUT2D eigenvalue weighted by Crippen LogP contribution is -2.42. The molecule has 5 nitrogen and oxygen atoms in total. The van der Waals surface area contributed by atoms with Gasteiger partial charge < -0.3 is 9.84 Å². The molecule has 1 N–H and O–H groups in total. The summed E-state index contributed by atoms with van der Waals surface area (Å²) in [7, 11) is 0. The van der Waals surface area contributed by atoms with Gasteiger partial charge in [0.2, 0.25) is 0 Å². The minimum Gasteiger partial charge on any atom is -0.466 e. The molecule has 198 valence electrons. The molecule has 0 bridgehead atoms. The van der Waals surface area contributed by atoms with Crippen LogP contribution in [0.4, 0.5) is 0 Å². The number of nitrogens with zero attached hydrogens (tertiary/aromatic N) is 1. The van der Waals surface area contributed by atoms with E-state index >= 15 is 0 Å². The van der Waals surface area contributed by atoms with Crippen LogP contribution < -0.4 is 0 Å². The van der Waals surface area contributed by atoms with Crippen LogP contribution in [-0.4, -0.2) is 34.6 Å². The van der Waals surface area contributed by atoms with E-state index in [1.54, 1.807) is 25.2 Å². The fourth-order valence-electron chi connectivity index (χ4n) is 5.72. The fraction of sp³-hybridized carbons (Fsp3) is 0.759. The zero-order chi connectivity index (χ0) is 26.2. The summed E-state index contributed by atoms with van der Waals surface area (Å²) in [6, 6.07) is 0. The highest BCUT2D eigenvalue weighted by atomic mass is 32.1. The van der Waals surface area contributed by atoms with E-state index in [0.717, 1.165) is 41.8 Å². The third kappa shape index (κ3) is 8.82. The maximum atomic E-state index is 12.9. The van der Waals surface area contributed by atoms with E-state index in [-0.39, 0.29) is 18.1 Å². The third-order valence-corrected chi connectivity index (χ3v) is 8.73. The predicted molar refractivity (Wildman–Crippen MR) is 144 cm³/mol. The zero-order valence-corrected chi connectivity index (χ0v) is 23.7. The monoisotopic (exact) mass is 505 g/mol. The molecule has 1 aromatic heterocycles. The SMILES string of the molecule is C/C=C\c1csc(C)n1.CCC1C2CCC[C@H](C)C[C@@H](C)C(=O)C(C)(C)[C@@H](O)CC(=O)OCCC12. The first-order valence-electron chi connectivity index (χ1n) is 13.4. The van der Waals surface area contributed by atoms with Crippen molar-refractivity contribution >= 4 is 29.2 Å². The number of aliphatic hydroxyl groups is 1. The Bertz CT molecular complexity index is 845. The maximum absolute atomic E-state index is 12.9. The number of aryl methyl sites for hydroxylation is 1. The number of fused-ring (bicyclic) bond motifs is 1. The van der Waals surface area contributed by atoms with Gasteiger partial charge in [-0.15, -0.1) is 11.3 Å². The van der Waals surface area contributed by atoms with Crippen LogP contribution in [0.1, 0.15) is 97.2 Å². The molecular formula is C29H47NO4S. The standard InChI is InChI=1S/C22H38O4.C7H9NS/c1-6-16-17-9-7-8-14(2)12-15(3)21(25)22(4,5)19(23)13-20(24)26-11-10-18(16)17;1-3-4-7-5-9-6(2)8-7/h14-19,23H,6-13H2,1-5H3;3-5H,1-2H3/b;4-3-/t14-,15+,16?,17?,18?,19-;/m0./s1. The van der Waals surface area contributed by atoms with Gasteiger partial charge in [0.05, 0.1) is 35.2 Å². The molecule has 2 heterocycles. The van der Waals surface area contributed by atoms with Crippen LogP contribution in [0.5, 0.6) is 0 Å². The second kappa shape index (κ2) is 13.7. The number of ketones is 1. The number of Topliss-reactive ketones (excluding diaryl/α,β-unsaturated/α-hetero) is 1. The maximum Gasteiger partial charge on any atom is 0.308 e. The molecule has 2 fully saturated rings. The van der Waals surface area contributed by atoms with Gasteiger partial charge in [-0.25, -0.2) is 4.98 Å². The number of cyclic esters (lactones) is 1. The zero-order valence-electron chi connectivity index (χ0n) is 22.9. The molecule has 0 aromatic carbocycles.